The Bertz CT molecular complexity index is 630. The van der Waals surface area contributed by atoms with Gasteiger partial charge in [-0.05, 0) is 11.6 Å². The Morgan fingerprint density at radius 1 is 1.29 bits per heavy atom. The normalized spacial score (nSPS) is 10.6. The van der Waals surface area contributed by atoms with Crippen molar-refractivity contribution in [3.8, 4) is 0 Å². The van der Waals surface area contributed by atoms with Crippen LogP contribution < -0.4 is 11.4 Å². The van der Waals surface area contributed by atoms with Gasteiger partial charge in [0.15, 0.2) is 0 Å². The number of hydrogen-bond donors (Lipinski definition) is 2. The zero-order chi connectivity index (χ0) is 12.4. The minimum absolute atomic E-state index is 0.0320. The van der Waals surface area contributed by atoms with Gasteiger partial charge < -0.3 is 15.3 Å². The van der Waals surface area contributed by atoms with E-state index in [9.17, 15) is 9.59 Å². The minimum Gasteiger partial charge on any atom is -0.481 e. The number of aliphatic carboxylic acids is 1. The van der Waals surface area contributed by atoms with Crippen LogP contribution in [0.15, 0.2) is 33.5 Å². The molecule has 0 saturated carbocycles. The summed E-state index contributed by atoms with van der Waals surface area (Å²) in [6, 6.07) is 6.82. The lowest BCUT2D eigenvalue weighted by atomic mass is 10.0. The molecule has 0 atom stereocenters. The van der Waals surface area contributed by atoms with Crippen molar-refractivity contribution in [2.24, 2.45) is 5.73 Å². The molecule has 2 aromatic rings. The topological polar surface area (TPSA) is 93.5 Å². The maximum Gasteiger partial charge on any atom is 0.341 e. The van der Waals surface area contributed by atoms with E-state index < -0.39 is 11.6 Å². The second-order valence-corrected chi connectivity index (χ2v) is 3.62. The summed E-state index contributed by atoms with van der Waals surface area (Å²) in [4.78, 5) is 22.4. The molecule has 0 aliphatic rings. The summed E-state index contributed by atoms with van der Waals surface area (Å²) >= 11 is 0. The van der Waals surface area contributed by atoms with Crippen molar-refractivity contribution in [3.05, 3.63) is 45.8 Å². The number of carbonyl (C=O) groups is 1. The van der Waals surface area contributed by atoms with Gasteiger partial charge in [0, 0.05) is 11.9 Å². The van der Waals surface area contributed by atoms with Crippen molar-refractivity contribution in [2.75, 3.05) is 0 Å². The van der Waals surface area contributed by atoms with E-state index in [1.54, 1.807) is 24.3 Å². The first-order valence-electron chi connectivity index (χ1n) is 5.09. The number of rotatable bonds is 3. The maximum atomic E-state index is 11.6. The van der Waals surface area contributed by atoms with Crippen LogP contribution in [0.4, 0.5) is 0 Å². The minimum atomic E-state index is -1.00. The largest absolute Gasteiger partial charge is 0.481 e. The number of hydrogen-bond acceptors (Lipinski definition) is 4. The van der Waals surface area contributed by atoms with Crippen LogP contribution in [-0.4, -0.2) is 11.1 Å². The van der Waals surface area contributed by atoms with E-state index in [0.29, 0.717) is 16.5 Å². The molecule has 0 radical (unpaired) electrons. The third kappa shape index (κ3) is 2.05. The van der Waals surface area contributed by atoms with Crippen LogP contribution in [0.3, 0.4) is 0 Å². The standard InChI is InChI=1S/C12H11NO4/c13-6-9-8(5-11(14)15)7-3-1-2-4-10(7)17-12(9)16/h1-4H,5-6,13H2,(H,14,15). The summed E-state index contributed by atoms with van der Waals surface area (Å²) in [5.74, 6) is -1.00. The van der Waals surface area contributed by atoms with E-state index in [2.05, 4.69) is 0 Å². The molecule has 0 fully saturated rings. The Hall–Kier alpha value is -2.14. The third-order valence-electron chi connectivity index (χ3n) is 2.56. The van der Waals surface area contributed by atoms with E-state index in [-0.39, 0.29) is 18.5 Å². The highest BCUT2D eigenvalue weighted by Crippen LogP contribution is 2.20. The first-order chi connectivity index (χ1) is 8.13. The summed E-state index contributed by atoms with van der Waals surface area (Å²) in [6.45, 7) is -0.0320. The molecule has 2 rings (SSSR count). The highest BCUT2D eigenvalue weighted by atomic mass is 16.4. The quantitative estimate of drug-likeness (QED) is 0.767. The van der Waals surface area contributed by atoms with E-state index in [4.69, 9.17) is 15.3 Å². The molecule has 0 unspecified atom stereocenters. The molecule has 3 N–H and O–H groups in total. The summed E-state index contributed by atoms with van der Waals surface area (Å²) in [5.41, 5.74) is 5.94. The lowest BCUT2D eigenvalue weighted by Gasteiger charge is -2.07. The number of fused-ring (bicyclic) bond motifs is 1. The van der Waals surface area contributed by atoms with Crippen LogP contribution >= 0.6 is 0 Å². The molecular formula is C12H11NO4. The fourth-order valence-electron chi connectivity index (χ4n) is 1.81. The van der Waals surface area contributed by atoms with Crippen molar-refractivity contribution >= 4 is 16.9 Å². The maximum absolute atomic E-state index is 11.6. The predicted octanol–water partition coefficient (Wildman–Crippen LogP) is 0.879. The predicted molar refractivity (Wildman–Crippen MR) is 61.7 cm³/mol. The van der Waals surface area contributed by atoms with Gasteiger partial charge in [-0.25, -0.2) is 4.79 Å². The molecule has 88 valence electrons. The van der Waals surface area contributed by atoms with Crippen molar-refractivity contribution in [1.82, 2.24) is 0 Å². The molecule has 0 aliphatic heterocycles. The van der Waals surface area contributed by atoms with Crippen LogP contribution in [0.1, 0.15) is 11.1 Å². The first kappa shape index (κ1) is 11.3. The second-order valence-electron chi connectivity index (χ2n) is 3.62. The zero-order valence-electron chi connectivity index (χ0n) is 8.97. The molecule has 0 spiro atoms. The highest BCUT2D eigenvalue weighted by Gasteiger charge is 2.15. The highest BCUT2D eigenvalue weighted by molar-refractivity contribution is 5.85. The molecular weight excluding hydrogens is 222 g/mol. The Kier molecular flexibility index (Phi) is 2.93. The SMILES string of the molecule is NCc1c(CC(=O)O)c2ccccc2oc1=O. The average molecular weight is 233 g/mol. The molecule has 0 amide bonds. The van der Waals surface area contributed by atoms with E-state index >= 15 is 0 Å². The summed E-state index contributed by atoms with van der Waals surface area (Å²) in [6.07, 6.45) is -0.237. The van der Waals surface area contributed by atoms with Crippen LogP contribution in [0.5, 0.6) is 0 Å². The van der Waals surface area contributed by atoms with Gasteiger partial charge in [0.25, 0.3) is 0 Å². The third-order valence-corrected chi connectivity index (χ3v) is 2.56. The van der Waals surface area contributed by atoms with Crippen LogP contribution in [0.25, 0.3) is 11.0 Å². The number of benzene rings is 1. The van der Waals surface area contributed by atoms with E-state index in [0.717, 1.165) is 0 Å². The van der Waals surface area contributed by atoms with Gasteiger partial charge in [0.2, 0.25) is 0 Å². The van der Waals surface area contributed by atoms with Crippen molar-refractivity contribution in [1.29, 1.82) is 0 Å². The second kappa shape index (κ2) is 4.39. The van der Waals surface area contributed by atoms with Crippen molar-refractivity contribution < 1.29 is 14.3 Å². The number of carboxylic acid groups (broad SMARTS) is 1. The van der Waals surface area contributed by atoms with Crippen molar-refractivity contribution in [3.63, 3.8) is 0 Å². The fourth-order valence-corrected chi connectivity index (χ4v) is 1.81. The molecule has 1 heterocycles. The fraction of sp³-hybridized carbons (Fsp3) is 0.167. The van der Waals surface area contributed by atoms with Gasteiger partial charge in [0.05, 0.1) is 12.0 Å². The first-order valence-corrected chi connectivity index (χ1v) is 5.09. The number of nitrogens with two attached hydrogens (primary N) is 1. The van der Waals surface area contributed by atoms with E-state index in [1.807, 2.05) is 0 Å². The van der Waals surface area contributed by atoms with Crippen LogP contribution in [-0.2, 0) is 17.8 Å². The monoisotopic (exact) mass is 233 g/mol. The molecule has 0 aliphatic carbocycles. The Morgan fingerprint density at radius 3 is 2.65 bits per heavy atom. The molecule has 1 aromatic heterocycles. The molecule has 0 saturated heterocycles. The van der Waals surface area contributed by atoms with Gasteiger partial charge in [-0.2, -0.15) is 0 Å². The average Bonchev–Trinajstić information content (AvgIpc) is 2.28. The van der Waals surface area contributed by atoms with Gasteiger partial charge in [0.1, 0.15) is 5.58 Å². The lowest BCUT2D eigenvalue weighted by Crippen LogP contribution is -2.17. The van der Waals surface area contributed by atoms with Crippen LogP contribution in [0.2, 0.25) is 0 Å². The molecule has 5 nitrogen and oxygen atoms in total. The molecule has 5 heteroatoms. The Labute approximate surface area is 96.5 Å². The van der Waals surface area contributed by atoms with Gasteiger partial charge in [-0.1, -0.05) is 18.2 Å². The van der Waals surface area contributed by atoms with Crippen LogP contribution in [0, 0.1) is 0 Å². The van der Waals surface area contributed by atoms with Crippen molar-refractivity contribution in [2.45, 2.75) is 13.0 Å². The van der Waals surface area contributed by atoms with E-state index in [1.165, 1.54) is 0 Å². The van der Waals surface area contributed by atoms with Gasteiger partial charge >= 0.3 is 11.6 Å². The summed E-state index contributed by atoms with van der Waals surface area (Å²) in [7, 11) is 0. The van der Waals surface area contributed by atoms with Gasteiger partial charge in [-0.15, -0.1) is 0 Å². The zero-order valence-corrected chi connectivity index (χ0v) is 8.97. The Morgan fingerprint density at radius 2 is 2.00 bits per heavy atom. The Balaban J connectivity index is 2.81. The molecule has 1 aromatic carbocycles. The molecule has 17 heavy (non-hydrogen) atoms. The number of para-hydroxylation sites is 1. The summed E-state index contributed by atoms with van der Waals surface area (Å²) in [5, 5.41) is 9.48. The summed E-state index contributed by atoms with van der Waals surface area (Å²) < 4.78 is 5.08. The van der Waals surface area contributed by atoms with Gasteiger partial charge in [-0.3, -0.25) is 4.79 Å². The smallest absolute Gasteiger partial charge is 0.341 e. The number of carboxylic acids is 1. The molecule has 0 bridgehead atoms. The lowest BCUT2D eigenvalue weighted by molar-refractivity contribution is -0.136.